The lowest BCUT2D eigenvalue weighted by Crippen LogP contribution is -2.13. The topological polar surface area (TPSA) is 36.7 Å². The Bertz CT molecular complexity index is 2800. The number of pyridine rings is 1. The first-order valence-corrected chi connectivity index (χ1v) is 26.9. The van der Waals surface area contributed by atoms with Crippen LogP contribution in [0.2, 0.25) is 0 Å². The highest BCUT2D eigenvalue weighted by Gasteiger charge is 2.20. The SMILES string of the molecule is CC(C)(C)c1cc(F)cc(F)c1.CC(C)(C)c1cc(F)ccc1F.CC(C)(C)c1cccc(C#N)c1.CC(C)(C)c1cccc(F)c1.CC(C)(C)c1ccccc1.CC(C)(C)c1cncc(F)c1.Cc1cccc(C(C)(C)C)c1. The normalized spacial score (nSPS) is 11.5. The second-order valence-electron chi connectivity index (χ2n) is 26.9. The minimum Gasteiger partial charge on any atom is -0.261 e. The predicted octanol–water partition coefficient (Wildman–Crippen LogP) is 21.3. The van der Waals surface area contributed by atoms with Gasteiger partial charge in [0.2, 0.25) is 0 Å². The van der Waals surface area contributed by atoms with Crippen LogP contribution in [0.5, 0.6) is 0 Å². The summed E-state index contributed by atoms with van der Waals surface area (Å²) in [4.78, 5) is 3.78. The Kier molecular flexibility index (Phi) is 27.0. The van der Waals surface area contributed by atoms with Crippen LogP contribution in [0, 0.1) is 53.2 Å². The van der Waals surface area contributed by atoms with Crippen LogP contribution in [0.4, 0.5) is 26.3 Å². The fraction of sp³-hybridized carbons (Fsp3) is 0.408. The van der Waals surface area contributed by atoms with Gasteiger partial charge in [-0.3, -0.25) is 4.98 Å². The van der Waals surface area contributed by atoms with E-state index in [-0.39, 0.29) is 55.8 Å². The molecule has 0 saturated carbocycles. The summed E-state index contributed by atoms with van der Waals surface area (Å²) < 4.78 is 76.6. The fourth-order valence-electron chi connectivity index (χ4n) is 6.94. The molecule has 0 bridgehead atoms. The third-order valence-electron chi connectivity index (χ3n) is 12.1. The predicted molar refractivity (Wildman–Crippen MR) is 323 cm³/mol. The van der Waals surface area contributed by atoms with Gasteiger partial charge in [0.1, 0.15) is 34.9 Å². The highest BCUT2D eigenvalue weighted by atomic mass is 19.1. The van der Waals surface area contributed by atoms with Crippen LogP contribution in [-0.4, -0.2) is 4.98 Å². The summed E-state index contributed by atoms with van der Waals surface area (Å²) in [5.74, 6) is -2.18. The van der Waals surface area contributed by atoms with Crippen molar-refractivity contribution in [2.75, 3.05) is 0 Å². The van der Waals surface area contributed by atoms with E-state index in [1.54, 1.807) is 18.3 Å². The van der Waals surface area contributed by atoms with Gasteiger partial charge in [-0.05, 0) is 144 Å². The van der Waals surface area contributed by atoms with Crippen molar-refractivity contribution in [3.05, 3.63) is 243 Å². The number of hydrogen-bond donors (Lipinski definition) is 0. The summed E-state index contributed by atoms with van der Waals surface area (Å²) in [7, 11) is 0. The molecule has 0 spiro atoms. The maximum absolute atomic E-state index is 13.1. The van der Waals surface area contributed by atoms with Crippen LogP contribution in [-0.2, 0) is 37.9 Å². The first kappa shape index (κ1) is 70.6. The molecule has 7 aromatic rings. The van der Waals surface area contributed by atoms with Crippen LogP contribution in [0.1, 0.15) is 195 Å². The molecule has 0 aliphatic rings. The van der Waals surface area contributed by atoms with Gasteiger partial charge >= 0.3 is 0 Å². The van der Waals surface area contributed by atoms with Gasteiger partial charge in [-0.1, -0.05) is 230 Å². The molecule has 0 aliphatic heterocycles. The van der Waals surface area contributed by atoms with E-state index in [9.17, 15) is 26.3 Å². The molecule has 1 heterocycles. The third-order valence-corrected chi connectivity index (χ3v) is 12.1. The van der Waals surface area contributed by atoms with Gasteiger partial charge in [-0.15, -0.1) is 0 Å². The molecule has 0 unspecified atom stereocenters. The fourth-order valence-corrected chi connectivity index (χ4v) is 6.94. The first-order chi connectivity index (χ1) is 35.9. The lowest BCUT2D eigenvalue weighted by atomic mass is 9.86. The summed E-state index contributed by atoms with van der Waals surface area (Å²) in [6.45, 7) is 45.6. The summed E-state index contributed by atoms with van der Waals surface area (Å²) in [6, 6.07) is 44.6. The highest BCUT2D eigenvalue weighted by molar-refractivity contribution is 5.36. The van der Waals surface area contributed by atoms with E-state index in [0.29, 0.717) is 16.5 Å². The Morgan fingerprint density at radius 3 is 1.06 bits per heavy atom. The van der Waals surface area contributed by atoms with E-state index in [4.69, 9.17) is 5.26 Å². The quantitative estimate of drug-likeness (QED) is 0.142. The maximum Gasteiger partial charge on any atom is 0.141 e. The van der Waals surface area contributed by atoms with Crippen molar-refractivity contribution < 1.29 is 26.3 Å². The van der Waals surface area contributed by atoms with Crippen molar-refractivity contribution in [1.82, 2.24) is 4.98 Å². The van der Waals surface area contributed by atoms with E-state index >= 15 is 0 Å². The van der Waals surface area contributed by atoms with Gasteiger partial charge in [0, 0.05) is 12.3 Å². The molecule has 8 heteroatoms. The van der Waals surface area contributed by atoms with Crippen molar-refractivity contribution in [2.24, 2.45) is 0 Å². The molecular weight excluding hydrogens is 995 g/mol. The van der Waals surface area contributed by atoms with Gasteiger partial charge in [0.05, 0.1) is 17.8 Å². The number of halogens is 6. The largest absolute Gasteiger partial charge is 0.261 e. The van der Waals surface area contributed by atoms with Gasteiger partial charge in [0.15, 0.2) is 0 Å². The summed E-state index contributed by atoms with van der Waals surface area (Å²) in [6.07, 6.45) is 2.92. The summed E-state index contributed by atoms with van der Waals surface area (Å²) in [5, 5.41) is 8.68. The molecule has 6 aromatic carbocycles. The third kappa shape index (κ3) is 28.3. The molecule has 1 aromatic heterocycles. The van der Waals surface area contributed by atoms with Gasteiger partial charge < -0.3 is 0 Å². The van der Waals surface area contributed by atoms with Gasteiger partial charge in [-0.25, -0.2) is 26.3 Å². The Balaban J connectivity index is 0.000000461. The smallest absolute Gasteiger partial charge is 0.141 e. The average molecular weight is 1090 g/mol. The van der Waals surface area contributed by atoms with Crippen LogP contribution < -0.4 is 0 Å². The van der Waals surface area contributed by atoms with Crippen molar-refractivity contribution in [3.63, 3.8) is 0 Å². The number of nitrogens with zero attached hydrogens (tertiary/aromatic N) is 2. The zero-order chi connectivity index (χ0) is 61.0. The molecule has 0 radical (unpaired) electrons. The number of rotatable bonds is 0. The van der Waals surface area contributed by atoms with E-state index < -0.39 is 11.6 Å². The lowest BCUT2D eigenvalue weighted by molar-refractivity contribution is 0.511. The molecule has 2 nitrogen and oxygen atoms in total. The standard InChI is InChI=1S/C11H13N.C11H16.2C10H12F2.C10H13F.C10H14.C9H12FN/c1-11(2,3)10-6-4-5-9(7-10)8-12;1-9-6-5-7-10(8-9)11(2,3)4;1-10(2,3)7-4-8(11)6-9(12)5-7;1-10(2,3)8-6-7(11)4-5-9(8)12;1-10(2,3)8-5-4-6-9(11)7-8;1-10(2,3)9-7-5-4-6-8-9;1-9(2,3)7-4-8(10)6-11-5-7/h4-7H,1-3H3;5-8H,1-4H3;2*4-6H,1-3H3;4-7H,1-3H3;4-8H,1-3H3;4-6H,1-3H3. The Morgan fingerprint density at radius 1 is 0.316 bits per heavy atom. The zero-order valence-electron chi connectivity index (χ0n) is 51.7. The second-order valence-corrected chi connectivity index (χ2v) is 26.9. The Hall–Kier alpha value is -6.46. The molecule has 0 amide bonds. The van der Waals surface area contributed by atoms with E-state index in [1.807, 2.05) is 86.6 Å². The molecule has 0 N–H and O–H groups in total. The van der Waals surface area contributed by atoms with Crippen molar-refractivity contribution in [3.8, 4) is 6.07 Å². The number of aromatic nitrogens is 1. The van der Waals surface area contributed by atoms with Crippen LogP contribution >= 0.6 is 0 Å². The Labute approximate surface area is 473 Å². The van der Waals surface area contributed by atoms with Crippen LogP contribution in [0.15, 0.2) is 158 Å². The molecule has 0 atom stereocenters. The summed E-state index contributed by atoms with van der Waals surface area (Å²) >= 11 is 0. The van der Waals surface area contributed by atoms with Crippen molar-refractivity contribution in [1.29, 1.82) is 5.26 Å². The Morgan fingerprint density at radius 2 is 0.709 bits per heavy atom. The summed E-state index contributed by atoms with van der Waals surface area (Å²) in [5.41, 5.74) is 9.36. The molecular formula is C71H92F6N2. The highest BCUT2D eigenvalue weighted by Crippen LogP contribution is 2.28. The average Bonchev–Trinajstić information content (AvgIpc) is 3.32. The first-order valence-electron chi connectivity index (χ1n) is 26.9. The molecule has 0 saturated heterocycles. The molecule has 428 valence electrons. The maximum atomic E-state index is 13.1. The van der Waals surface area contributed by atoms with E-state index in [1.165, 1.54) is 58.8 Å². The lowest BCUT2D eigenvalue weighted by Gasteiger charge is -2.19. The van der Waals surface area contributed by atoms with E-state index in [2.05, 4.69) is 162 Å². The van der Waals surface area contributed by atoms with Crippen LogP contribution in [0.25, 0.3) is 0 Å². The van der Waals surface area contributed by atoms with Gasteiger partial charge in [0.25, 0.3) is 0 Å². The molecule has 0 fully saturated rings. The van der Waals surface area contributed by atoms with Crippen molar-refractivity contribution >= 4 is 0 Å². The van der Waals surface area contributed by atoms with E-state index in [0.717, 1.165) is 34.9 Å². The molecule has 79 heavy (non-hydrogen) atoms. The second kappa shape index (κ2) is 30.2. The van der Waals surface area contributed by atoms with Crippen LogP contribution in [0.3, 0.4) is 0 Å². The minimum absolute atomic E-state index is 0.0188. The molecule has 0 aliphatic carbocycles. The number of aryl methyl sites for hydroxylation is 1. The minimum atomic E-state index is -0.514. The number of hydrogen-bond acceptors (Lipinski definition) is 2. The molecule has 7 rings (SSSR count). The zero-order valence-corrected chi connectivity index (χ0v) is 51.7. The number of benzene rings is 6. The number of nitriles is 1. The van der Waals surface area contributed by atoms with Crippen molar-refractivity contribution in [2.45, 2.75) is 190 Å². The van der Waals surface area contributed by atoms with Gasteiger partial charge in [-0.2, -0.15) is 5.26 Å². The monoisotopic (exact) mass is 1090 g/mol.